The third-order valence-electron chi connectivity index (χ3n) is 6.20. The molecule has 5 rings (SSSR count). The molecular formula is C27H26N4O. The molecule has 3 heterocycles. The zero-order valence-corrected chi connectivity index (χ0v) is 18.4. The molecule has 1 aliphatic heterocycles. The average Bonchev–Trinajstić information content (AvgIpc) is 2.84. The molecule has 0 N–H and O–H groups in total. The van der Waals surface area contributed by atoms with E-state index in [-0.39, 0.29) is 11.9 Å². The smallest absolute Gasteiger partial charge is 0.254 e. The number of benzene rings is 2. The number of para-hydroxylation sites is 1. The number of amides is 1. The lowest BCUT2D eigenvalue weighted by Gasteiger charge is -2.41. The van der Waals surface area contributed by atoms with Gasteiger partial charge in [0.15, 0.2) is 0 Å². The second kappa shape index (κ2) is 8.42. The van der Waals surface area contributed by atoms with E-state index in [0.29, 0.717) is 18.7 Å². The first-order valence-electron chi connectivity index (χ1n) is 11.0. The maximum atomic E-state index is 13.7. The number of aryl methyl sites for hydroxylation is 1. The maximum Gasteiger partial charge on any atom is 0.254 e. The van der Waals surface area contributed by atoms with Crippen LogP contribution >= 0.6 is 0 Å². The number of carbonyl (C=O) groups excluding carboxylic acids is 1. The van der Waals surface area contributed by atoms with Crippen LogP contribution in [0.5, 0.6) is 0 Å². The third kappa shape index (κ3) is 3.82. The molecule has 5 heteroatoms. The predicted octanol–water partition coefficient (Wildman–Crippen LogP) is 4.96. The molecule has 0 spiro atoms. The molecule has 1 fully saturated rings. The third-order valence-corrected chi connectivity index (χ3v) is 6.20. The van der Waals surface area contributed by atoms with E-state index < -0.39 is 0 Å². The summed E-state index contributed by atoms with van der Waals surface area (Å²) < 4.78 is 0. The van der Waals surface area contributed by atoms with Gasteiger partial charge in [-0.25, -0.2) is 4.98 Å². The number of hydrogen-bond acceptors (Lipinski definition) is 4. The van der Waals surface area contributed by atoms with Gasteiger partial charge in [-0.15, -0.1) is 0 Å². The van der Waals surface area contributed by atoms with Gasteiger partial charge in [-0.2, -0.15) is 0 Å². The number of hydrogen-bond donors (Lipinski definition) is 0. The van der Waals surface area contributed by atoms with E-state index in [4.69, 9.17) is 4.98 Å². The summed E-state index contributed by atoms with van der Waals surface area (Å²) >= 11 is 0. The number of piperazine rings is 1. The summed E-state index contributed by atoms with van der Waals surface area (Å²) in [5.41, 5.74) is 5.75. The lowest BCUT2D eigenvalue weighted by atomic mass is 10.0. The lowest BCUT2D eigenvalue weighted by Crippen LogP contribution is -2.53. The molecule has 1 saturated heterocycles. The van der Waals surface area contributed by atoms with Gasteiger partial charge in [-0.3, -0.25) is 9.78 Å². The molecule has 4 aromatic rings. The van der Waals surface area contributed by atoms with Crippen LogP contribution in [0.4, 0.5) is 5.69 Å². The van der Waals surface area contributed by atoms with Crippen LogP contribution in [0.1, 0.15) is 22.8 Å². The highest BCUT2D eigenvalue weighted by molar-refractivity contribution is 6.07. The fourth-order valence-corrected chi connectivity index (χ4v) is 4.46. The average molecular weight is 423 g/mol. The van der Waals surface area contributed by atoms with Crippen LogP contribution in [0.15, 0.2) is 79.1 Å². The Bertz CT molecular complexity index is 1250. The normalized spacial score (nSPS) is 16.4. The Labute approximate surface area is 188 Å². The molecule has 0 radical (unpaired) electrons. The zero-order valence-electron chi connectivity index (χ0n) is 18.4. The Morgan fingerprint density at radius 2 is 1.72 bits per heavy atom. The number of aromatic nitrogens is 2. The minimum atomic E-state index is 0.0642. The number of fused-ring (bicyclic) bond motifs is 1. The predicted molar refractivity (Wildman–Crippen MR) is 129 cm³/mol. The molecule has 1 atom stereocenters. The first-order chi connectivity index (χ1) is 15.6. The van der Waals surface area contributed by atoms with Crippen molar-refractivity contribution >= 4 is 22.5 Å². The molecule has 32 heavy (non-hydrogen) atoms. The first kappa shape index (κ1) is 20.2. The van der Waals surface area contributed by atoms with Crippen molar-refractivity contribution in [3.05, 3.63) is 90.3 Å². The van der Waals surface area contributed by atoms with E-state index in [1.807, 2.05) is 47.4 Å². The largest absolute Gasteiger partial charge is 0.365 e. The standard InChI is InChI=1S/C27H26N4O/c1-19-7-9-22(10-8-19)31-16-15-30(18-20(31)2)27(32)24-17-26(21-11-13-28-14-12-21)29-25-6-4-3-5-23(24)25/h3-14,17,20H,15-16,18H2,1-2H3/t20-/m0/s1. The van der Waals surface area contributed by atoms with Crippen molar-refractivity contribution in [3.8, 4) is 11.3 Å². The van der Waals surface area contributed by atoms with Gasteiger partial charge in [0.1, 0.15) is 0 Å². The molecular weight excluding hydrogens is 396 g/mol. The summed E-state index contributed by atoms with van der Waals surface area (Å²) in [5, 5.41) is 0.893. The van der Waals surface area contributed by atoms with E-state index in [1.54, 1.807) is 12.4 Å². The van der Waals surface area contributed by atoms with Gasteiger partial charge in [0, 0.05) is 54.7 Å². The van der Waals surface area contributed by atoms with Crippen LogP contribution in [0.25, 0.3) is 22.2 Å². The van der Waals surface area contributed by atoms with Gasteiger partial charge in [0.2, 0.25) is 0 Å². The van der Waals surface area contributed by atoms with Crippen molar-refractivity contribution in [2.24, 2.45) is 0 Å². The van der Waals surface area contributed by atoms with Gasteiger partial charge in [-0.1, -0.05) is 35.9 Å². The Hall–Kier alpha value is -3.73. The highest BCUT2D eigenvalue weighted by Gasteiger charge is 2.28. The quantitative estimate of drug-likeness (QED) is 0.468. The molecule has 5 nitrogen and oxygen atoms in total. The molecule has 1 amide bonds. The summed E-state index contributed by atoms with van der Waals surface area (Å²) in [6.07, 6.45) is 3.50. The van der Waals surface area contributed by atoms with Crippen LogP contribution in [0, 0.1) is 6.92 Å². The zero-order chi connectivity index (χ0) is 22.1. The van der Waals surface area contributed by atoms with Crippen molar-refractivity contribution in [1.29, 1.82) is 0 Å². The number of rotatable bonds is 3. The van der Waals surface area contributed by atoms with Crippen molar-refractivity contribution in [2.45, 2.75) is 19.9 Å². The SMILES string of the molecule is Cc1ccc(N2CCN(C(=O)c3cc(-c4ccncc4)nc4ccccc34)C[C@@H]2C)cc1. The lowest BCUT2D eigenvalue weighted by molar-refractivity contribution is 0.0728. The summed E-state index contributed by atoms with van der Waals surface area (Å²) in [4.78, 5) is 27.0. The van der Waals surface area contributed by atoms with Crippen LogP contribution in [-0.2, 0) is 0 Å². The summed E-state index contributed by atoms with van der Waals surface area (Å²) in [6.45, 7) is 6.48. The summed E-state index contributed by atoms with van der Waals surface area (Å²) in [5.74, 6) is 0.0642. The molecule has 1 aliphatic rings. The summed E-state index contributed by atoms with van der Waals surface area (Å²) in [7, 11) is 0. The van der Waals surface area contributed by atoms with Gasteiger partial charge in [0.05, 0.1) is 16.8 Å². The van der Waals surface area contributed by atoms with Crippen molar-refractivity contribution in [2.75, 3.05) is 24.5 Å². The molecule has 0 saturated carbocycles. The molecule has 2 aromatic carbocycles. The monoisotopic (exact) mass is 422 g/mol. The van der Waals surface area contributed by atoms with E-state index in [9.17, 15) is 4.79 Å². The van der Waals surface area contributed by atoms with Crippen LogP contribution < -0.4 is 4.90 Å². The van der Waals surface area contributed by atoms with Crippen molar-refractivity contribution in [3.63, 3.8) is 0 Å². The molecule has 160 valence electrons. The van der Waals surface area contributed by atoms with Gasteiger partial charge < -0.3 is 9.80 Å². The van der Waals surface area contributed by atoms with Gasteiger partial charge >= 0.3 is 0 Å². The Morgan fingerprint density at radius 3 is 2.47 bits per heavy atom. The van der Waals surface area contributed by atoms with E-state index >= 15 is 0 Å². The highest BCUT2D eigenvalue weighted by Crippen LogP contribution is 2.27. The van der Waals surface area contributed by atoms with Crippen LogP contribution in [-0.4, -0.2) is 46.5 Å². The van der Waals surface area contributed by atoms with Crippen LogP contribution in [0.2, 0.25) is 0 Å². The first-order valence-corrected chi connectivity index (χ1v) is 11.0. The maximum absolute atomic E-state index is 13.7. The summed E-state index contributed by atoms with van der Waals surface area (Å²) in [6, 6.07) is 22.5. The Morgan fingerprint density at radius 1 is 0.969 bits per heavy atom. The number of anilines is 1. The molecule has 0 aliphatic carbocycles. The van der Waals surface area contributed by atoms with E-state index in [1.165, 1.54) is 11.3 Å². The minimum absolute atomic E-state index is 0.0642. The molecule has 2 aromatic heterocycles. The van der Waals surface area contributed by atoms with Gasteiger partial charge in [-0.05, 0) is 50.2 Å². The second-order valence-corrected chi connectivity index (χ2v) is 8.44. The molecule has 0 unspecified atom stereocenters. The molecule has 0 bridgehead atoms. The van der Waals surface area contributed by atoms with Crippen LogP contribution in [0.3, 0.4) is 0 Å². The van der Waals surface area contributed by atoms with Crippen molar-refractivity contribution in [1.82, 2.24) is 14.9 Å². The van der Waals surface area contributed by atoms with Gasteiger partial charge in [0.25, 0.3) is 5.91 Å². The number of nitrogens with zero attached hydrogens (tertiary/aromatic N) is 4. The fraction of sp³-hybridized carbons (Fsp3) is 0.222. The fourth-order valence-electron chi connectivity index (χ4n) is 4.46. The van der Waals surface area contributed by atoms with E-state index in [2.05, 4.69) is 48.0 Å². The topological polar surface area (TPSA) is 49.3 Å². The second-order valence-electron chi connectivity index (χ2n) is 8.44. The number of pyridine rings is 2. The Kier molecular flexibility index (Phi) is 5.31. The van der Waals surface area contributed by atoms with E-state index in [0.717, 1.165) is 28.7 Å². The minimum Gasteiger partial charge on any atom is -0.365 e. The Balaban J connectivity index is 1.45. The highest BCUT2D eigenvalue weighted by atomic mass is 16.2. The van der Waals surface area contributed by atoms with Crippen molar-refractivity contribution < 1.29 is 4.79 Å². The number of carbonyl (C=O) groups is 1.